The second-order valence-electron chi connectivity index (χ2n) is 8.59. The summed E-state index contributed by atoms with van der Waals surface area (Å²) in [6.45, 7) is 0. The van der Waals surface area contributed by atoms with Crippen LogP contribution in [-0.4, -0.2) is 22.6 Å². The van der Waals surface area contributed by atoms with Crippen LogP contribution in [0.3, 0.4) is 0 Å². The lowest BCUT2D eigenvalue weighted by Gasteiger charge is -2.01. The first-order valence-corrected chi connectivity index (χ1v) is 12.4. The van der Waals surface area contributed by atoms with Gasteiger partial charge in [-0.2, -0.15) is 20.5 Å². The first kappa shape index (κ1) is 25.9. The molecule has 0 heterocycles. The number of hydrogen-bond donors (Lipinski definition) is 2. The summed E-state index contributed by atoms with van der Waals surface area (Å²) in [5.74, 6) is 0.183. The average Bonchev–Trinajstić information content (AvgIpc) is 3.00. The van der Waals surface area contributed by atoms with E-state index in [2.05, 4.69) is 30.4 Å². The molecule has 0 saturated heterocycles. The number of hydrogen-bond acceptors (Lipinski definition) is 8. The zero-order valence-electron chi connectivity index (χ0n) is 21.3. The summed E-state index contributed by atoms with van der Waals surface area (Å²) in [6.07, 6.45) is 3.14. The highest BCUT2D eigenvalue weighted by Gasteiger charge is 2.02. The van der Waals surface area contributed by atoms with Gasteiger partial charge in [-0.1, -0.05) is 36.4 Å². The normalized spacial score (nSPS) is 11.8. The number of nitrogens with zero attached hydrogens (tertiary/aromatic N) is 6. The Kier molecular flexibility index (Phi) is 8.19. The standard InChI is InChI=1S/C32H24N6O2/c39-31-17-15-29(37-35-27-7-3-1-4-8-27)19-23(31)21-33-25-11-13-26(14-12-25)34-22-24-20-30(16-18-32(24)40)38-36-28-9-5-2-6-10-28/h1-22,39-40H. The minimum absolute atomic E-state index is 0.0916. The van der Waals surface area contributed by atoms with Gasteiger partial charge in [-0.25, -0.2) is 0 Å². The van der Waals surface area contributed by atoms with Crippen LogP contribution in [0.4, 0.5) is 34.1 Å². The fraction of sp³-hybridized carbons (Fsp3) is 0. The SMILES string of the molecule is Oc1ccc(N=Nc2ccccc2)cc1C=Nc1ccc(N=Cc2cc(N=Nc3ccccc3)ccc2O)cc1. The molecular weight excluding hydrogens is 500 g/mol. The van der Waals surface area contributed by atoms with Gasteiger partial charge in [0, 0.05) is 23.6 Å². The predicted octanol–water partition coefficient (Wildman–Crippen LogP) is 9.43. The van der Waals surface area contributed by atoms with E-state index in [1.807, 2.05) is 84.9 Å². The highest BCUT2D eigenvalue weighted by Crippen LogP contribution is 2.27. The van der Waals surface area contributed by atoms with Crippen LogP contribution in [0.15, 0.2) is 152 Å². The molecule has 0 fully saturated rings. The molecule has 5 aromatic rings. The van der Waals surface area contributed by atoms with Crippen LogP contribution in [0.25, 0.3) is 0 Å². The number of phenols is 2. The molecule has 0 amide bonds. The zero-order valence-corrected chi connectivity index (χ0v) is 21.3. The van der Waals surface area contributed by atoms with Crippen LogP contribution in [0.2, 0.25) is 0 Å². The van der Waals surface area contributed by atoms with Crippen molar-refractivity contribution in [3.8, 4) is 11.5 Å². The van der Waals surface area contributed by atoms with E-state index in [9.17, 15) is 10.2 Å². The van der Waals surface area contributed by atoms with E-state index in [-0.39, 0.29) is 11.5 Å². The second kappa shape index (κ2) is 12.7. The van der Waals surface area contributed by atoms with E-state index in [1.54, 1.807) is 48.8 Å². The van der Waals surface area contributed by atoms with Crippen molar-refractivity contribution >= 4 is 46.6 Å². The molecule has 2 N–H and O–H groups in total. The van der Waals surface area contributed by atoms with Gasteiger partial charge in [0.25, 0.3) is 0 Å². The Bertz CT molecular complexity index is 1570. The zero-order chi connectivity index (χ0) is 27.6. The molecule has 0 unspecified atom stereocenters. The topological polar surface area (TPSA) is 115 Å². The van der Waals surface area contributed by atoms with Gasteiger partial charge in [0.1, 0.15) is 11.5 Å². The molecule has 0 aliphatic heterocycles. The smallest absolute Gasteiger partial charge is 0.124 e. The van der Waals surface area contributed by atoms with Crippen molar-refractivity contribution in [3.63, 3.8) is 0 Å². The van der Waals surface area contributed by atoms with Crippen LogP contribution >= 0.6 is 0 Å². The van der Waals surface area contributed by atoms with Gasteiger partial charge in [-0.15, -0.1) is 0 Å². The molecule has 0 saturated carbocycles. The highest BCUT2D eigenvalue weighted by atomic mass is 16.3. The lowest BCUT2D eigenvalue weighted by molar-refractivity contribution is 0.474. The molecule has 8 heteroatoms. The molecule has 40 heavy (non-hydrogen) atoms. The van der Waals surface area contributed by atoms with Crippen LogP contribution in [-0.2, 0) is 0 Å². The monoisotopic (exact) mass is 524 g/mol. The maximum atomic E-state index is 10.2. The van der Waals surface area contributed by atoms with Gasteiger partial charge >= 0.3 is 0 Å². The van der Waals surface area contributed by atoms with Crippen LogP contribution in [0.5, 0.6) is 11.5 Å². The minimum atomic E-state index is 0.0916. The quantitative estimate of drug-likeness (QED) is 0.155. The lowest BCUT2D eigenvalue weighted by Crippen LogP contribution is -1.82. The number of aliphatic imine (C=N–C) groups is 2. The van der Waals surface area contributed by atoms with E-state index in [1.165, 1.54) is 0 Å². The Balaban J connectivity index is 1.25. The molecule has 0 radical (unpaired) electrons. The molecule has 0 aliphatic rings. The summed E-state index contributed by atoms with van der Waals surface area (Å²) < 4.78 is 0. The number of azo groups is 2. The van der Waals surface area contributed by atoms with Gasteiger partial charge in [-0.3, -0.25) is 9.98 Å². The molecule has 5 aromatic carbocycles. The summed E-state index contributed by atoms with van der Waals surface area (Å²) in [7, 11) is 0. The largest absolute Gasteiger partial charge is 0.507 e. The van der Waals surface area contributed by atoms with E-state index in [4.69, 9.17) is 0 Å². The second-order valence-corrected chi connectivity index (χ2v) is 8.59. The Labute approximate surface area is 231 Å². The van der Waals surface area contributed by atoms with Crippen molar-refractivity contribution in [2.75, 3.05) is 0 Å². The average molecular weight is 525 g/mol. The molecule has 0 bridgehead atoms. The maximum absolute atomic E-state index is 10.2. The Hall–Kier alpha value is -5.76. The third-order valence-corrected chi connectivity index (χ3v) is 5.65. The van der Waals surface area contributed by atoms with Crippen molar-refractivity contribution in [2.24, 2.45) is 30.4 Å². The first-order chi connectivity index (χ1) is 19.6. The fourth-order valence-electron chi connectivity index (χ4n) is 3.55. The predicted molar refractivity (Wildman–Crippen MR) is 158 cm³/mol. The molecule has 0 spiro atoms. The Morgan fingerprint density at radius 1 is 0.375 bits per heavy atom. The minimum Gasteiger partial charge on any atom is -0.507 e. The van der Waals surface area contributed by atoms with Crippen LogP contribution in [0.1, 0.15) is 11.1 Å². The number of rotatable bonds is 8. The van der Waals surface area contributed by atoms with Gasteiger partial charge < -0.3 is 10.2 Å². The summed E-state index contributed by atoms with van der Waals surface area (Å²) >= 11 is 0. The number of phenolic OH excluding ortho intramolecular Hbond substituents is 2. The summed E-state index contributed by atoms with van der Waals surface area (Å²) in [5, 5.41) is 37.4. The third-order valence-electron chi connectivity index (χ3n) is 5.65. The molecule has 194 valence electrons. The third kappa shape index (κ3) is 7.17. The summed E-state index contributed by atoms with van der Waals surface area (Å²) in [4.78, 5) is 8.91. The first-order valence-electron chi connectivity index (χ1n) is 12.4. The molecule has 0 atom stereocenters. The van der Waals surface area contributed by atoms with E-state index >= 15 is 0 Å². The van der Waals surface area contributed by atoms with Crippen LogP contribution in [0, 0.1) is 0 Å². The Morgan fingerprint density at radius 3 is 1.12 bits per heavy atom. The van der Waals surface area contributed by atoms with E-state index < -0.39 is 0 Å². The van der Waals surface area contributed by atoms with E-state index in [0.717, 1.165) is 11.4 Å². The lowest BCUT2D eigenvalue weighted by atomic mass is 10.2. The van der Waals surface area contributed by atoms with Crippen LogP contribution < -0.4 is 0 Å². The van der Waals surface area contributed by atoms with Gasteiger partial charge in [0.15, 0.2) is 0 Å². The Morgan fingerprint density at radius 2 is 0.725 bits per heavy atom. The fourth-order valence-corrected chi connectivity index (χ4v) is 3.55. The van der Waals surface area contributed by atoms with Crippen molar-refractivity contribution in [1.29, 1.82) is 0 Å². The summed E-state index contributed by atoms with van der Waals surface area (Å²) in [5.41, 5.74) is 5.08. The van der Waals surface area contributed by atoms with Crippen molar-refractivity contribution in [2.45, 2.75) is 0 Å². The van der Waals surface area contributed by atoms with Gasteiger partial charge in [-0.05, 0) is 84.9 Å². The van der Waals surface area contributed by atoms with Crippen molar-refractivity contribution in [1.82, 2.24) is 0 Å². The molecule has 0 aliphatic carbocycles. The molecule has 0 aromatic heterocycles. The van der Waals surface area contributed by atoms with Gasteiger partial charge in [0.05, 0.1) is 34.1 Å². The molecule has 5 rings (SSSR count). The van der Waals surface area contributed by atoms with E-state index in [0.29, 0.717) is 33.9 Å². The van der Waals surface area contributed by atoms with Crippen molar-refractivity contribution < 1.29 is 10.2 Å². The van der Waals surface area contributed by atoms with Crippen molar-refractivity contribution in [3.05, 3.63) is 132 Å². The maximum Gasteiger partial charge on any atom is 0.124 e. The number of aromatic hydroxyl groups is 2. The molecular formula is C32H24N6O2. The van der Waals surface area contributed by atoms with Gasteiger partial charge in [0.2, 0.25) is 0 Å². The summed E-state index contributed by atoms with van der Waals surface area (Å²) in [6, 6.07) is 36.0. The number of benzene rings is 5. The highest BCUT2D eigenvalue weighted by molar-refractivity contribution is 5.88. The molecule has 8 nitrogen and oxygen atoms in total.